The molecule has 8 heteroatoms. The molecule has 2 aliphatic heterocycles. The molecule has 2 N–H and O–H groups in total. The molecule has 0 unspecified atom stereocenters. The van der Waals surface area contributed by atoms with Gasteiger partial charge < -0.3 is 20.3 Å². The quantitative estimate of drug-likeness (QED) is 0.718. The van der Waals surface area contributed by atoms with E-state index in [0.717, 1.165) is 43.8 Å². The van der Waals surface area contributed by atoms with Gasteiger partial charge >= 0.3 is 0 Å². The van der Waals surface area contributed by atoms with E-state index in [4.69, 9.17) is 4.74 Å². The first-order valence-corrected chi connectivity index (χ1v) is 11.6. The number of halogens is 1. The van der Waals surface area contributed by atoms with E-state index in [2.05, 4.69) is 25.7 Å². The van der Waals surface area contributed by atoms with Gasteiger partial charge in [-0.05, 0) is 79.8 Å². The number of nitrogens with one attached hydrogen (secondary N) is 2. The van der Waals surface area contributed by atoms with E-state index in [1.807, 2.05) is 0 Å². The van der Waals surface area contributed by atoms with Gasteiger partial charge in [-0.3, -0.25) is 4.79 Å². The molecule has 2 saturated heterocycles. The van der Waals surface area contributed by atoms with Crippen LogP contribution in [0.2, 0.25) is 0 Å². The van der Waals surface area contributed by atoms with E-state index in [-0.39, 0.29) is 17.4 Å². The predicted octanol–water partition coefficient (Wildman–Crippen LogP) is 3.42. The van der Waals surface area contributed by atoms with Crippen LogP contribution in [0.1, 0.15) is 36.2 Å². The molecule has 0 radical (unpaired) electrons. The molecule has 7 nitrogen and oxygen atoms in total. The maximum Gasteiger partial charge on any atom is 0.276 e. The van der Waals surface area contributed by atoms with Crippen molar-refractivity contribution in [3.8, 4) is 0 Å². The first-order chi connectivity index (χ1) is 15.6. The molecule has 1 amide bonds. The Balaban J connectivity index is 1.09. The SMILES string of the molecule is O=C(Nc1ccc(F)cc1)c1ccc(N[C@@H]2C[C@@H]3CN(CC4CCOCC4)C[C@@H]3C2)nn1. The molecule has 32 heavy (non-hydrogen) atoms. The summed E-state index contributed by atoms with van der Waals surface area (Å²) in [5.41, 5.74) is 0.746. The normalized spacial score (nSPS) is 26.1. The lowest BCUT2D eigenvalue weighted by Crippen LogP contribution is -2.32. The van der Waals surface area contributed by atoms with Crippen LogP contribution < -0.4 is 10.6 Å². The number of carbonyl (C=O) groups is 1. The van der Waals surface area contributed by atoms with Crippen LogP contribution in [-0.2, 0) is 4.74 Å². The van der Waals surface area contributed by atoms with E-state index < -0.39 is 0 Å². The van der Waals surface area contributed by atoms with E-state index in [9.17, 15) is 9.18 Å². The van der Waals surface area contributed by atoms with Crippen molar-refractivity contribution < 1.29 is 13.9 Å². The number of rotatable bonds is 6. The molecular weight excluding hydrogens is 409 g/mol. The van der Waals surface area contributed by atoms with Gasteiger partial charge in [-0.15, -0.1) is 10.2 Å². The van der Waals surface area contributed by atoms with Crippen LogP contribution in [-0.4, -0.2) is 59.9 Å². The number of aromatic nitrogens is 2. The highest BCUT2D eigenvalue weighted by molar-refractivity contribution is 6.02. The lowest BCUT2D eigenvalue weighted by Gasteiger charge is -2.27. The topological polar surface area (TPSA) is 79.4 Å². The minimum atomic E-state index is -0.365. The second-order valence-corrected chi connectivity index (χ2v) is 9.37. The molecule has 3 heterocycles. The van der Waals surface area contributed by atoms with E-state index in [0.29, 0.717) is 17.5 Å². The molecule has 1 aromatic heterocycles. The Morgan fingerprint density at radius 1 is 1.03 bits per heavy atom. The Morgan fingerprint density at radius 3 is 2.41 bits per heavy atom. The highest BCUT2D eigenvalue weighted by Crippen LogP contribution is 2.39. The maximum atomic E-state index is 13.0. The highest BCUT2D eigenvalue weighted by Gasteiger charge is 2.41. The number of hydrogen-bond acceptors (Lipinski definition) is 6. The molecular formula is C24H30FN5O2. The summed E-state index contributed by atoms with van der Waals surface area (Å²) in [7, 11) is 0. The lowest BCUT2D eigenvalue weighted by atomic mass is 10.00. The van der Waals surface area contributed by atoms with Crippen molar-refractivity contribution in [2.45, 2.75) is 31.7 Å². The first-order valence-electron chi connectivity index (χ1n) is 11.6. The Morgan fingerprint density at radius 2 is 1.75 bits per heavy atom. The van der Waals surface area contributed by atoms with Crippen molar-refractivity contribution in [1.82, 2.24) is 15.1 Å². The fourth-order valence-electron chi connectivity index (χ4n) is 5.43. The Kier molecular flexibility index (Phi) is 6.32. The smallest absolute Gasteiger partial charge is 0.276 e. The molecule has 5 rings (SSSR count). The van der Waals surface area contributed by atoms with Crippen LogP contribution in [0, 0.1) is 23.6 Å². The molecule has 0 bridgehead atoms. The number of ether oxygens (including phenoxy) is 1. The second-order valence-electron chi connectivity index (χ2n) is 9.37. The Labute approximate surface area is 187 Å². The third-order valence-electron chi connectivity index (χ3n) is 7.04. The summed E-state index contributed by atoms with van der Waals surface area (Å²) < 4.78 is 18.5. The number of nitrogens with zero attached hydrogens (tertiary/aromatic N) is 3. The van der Waals surface area contributed by atoms with Crippen molar-refractivity contribution in [2.75, 3.05) is 43.5 Å². The fourth-order valence-corrected chi connectivity index (χ4v) is 5.43. The molecule has 0 spiro atoms. The number of carbonyl (C=O) groups excluding carboxylic acids is 1. The summed E-state index contributed by atoms with van der Waals surface area (Å²) in [5, 5.41) is 14.5. The van der Waals surface area contributed by atoms with Crippen molar-refractivity contribution in [2.24, 2.45) is 17.8 Å². The average molecular weight is 440 g/mol. The second kappa shape index (κ2) is 9.50. The van der Waals surface area contributed by atoms with Gasteiger partial charge in [0.15, 0.2) is 5.69 Å². The maximum absolute atomic E-state index is 13.0. The molecule has 1 aromatic carbocycles. The number of anilines is 2. The molecule has 3 atom stereocenters. The summed E-state index contributed by atoms with van der Waals surface area (Å²) in [6.45, 7) is 5.47. The highest BCUT2D eigenvalue weighted by atomic mass is 19.1. The summed E-state index contributed by atoms with van der Waals surface area (Å²) in [5.74, 6) is 2.29. The summed E-state index contributed by atoms with van der Waals surface area (Å²) >= 11 is 0. The minimum Gasteiger partial charge on any atom is -0.381 e. The van der Waals surface area contributed by atoms with Crippen molar-refractivity contribution in [1.29, 1.82) is 0 Å². The number of amides is 1. The van der Waals surface area contributed by atoms with Crippen molar-refractivity contribution >= 4 is 17.4 Å². The van der Waals surface area contributed by atoms with Crippen LogP contribution in [0.3, 0.4) is 0 Å². The first kappa shape index (κ1) is 21.3. The van der Waals surface area contributed by atoms with Crippen LogP contribution in [0.4, 0.5) is 15.9 Å². The van der Waals surface area contributed by atoms with E-state index >= 15 is 0 Å². The van der Waals surface area contributed by atoms with Gasteiger partial charge in [-0.1, -0.05) is 0 Å². The summed E-state index contributed by atoms with van der Waals surface area (Å²) in [6.07, 6.45) is 4.71. The van der Waals surface area contributed by atoms with E-state index in [1.54, 1.807) is 12.1 Å². The third-order valence-corrected chi connectivity index (χ3v) is 7.04. The Bertz CT molecular complexity index is 903. The van der Waals surface area contributed by atoms with Gasteiger partial charge in [0.1, 0.15) is 11.6 Å². The summed E-state index contributed by atoms with van der Waals surface area (Å²) in [6, 6.07) is 9.50. The standard InChI is InChI=1S/C24H30FN5O2/c25-19-1-3-20(4-2-19)27-24(31)22-5-6-23(29-28-22)26-21-11-17-14-30(15-18(17)12-21)13-16-7-9-32-10-8-16/h1-6,16-18,21H,7-15H2,(H,26,29)(H,27,31)/t17-,18+,21-. The van der Waals surface area contributed by atoms with Gasteiger partial charge in [0.05, 0.1) is 0 Å². The Hall–Kier alpha value is -2.58. The molecule has 3 aliphatic rings. The van der Waals surface area contributed by atoms with Gasteiger partial charge in [-0.2, -0.15) is 0 Å². The van der Waals surface area contributed by atoms with Crippen molar-refractivity contribution in [3.05, 3.63) is 47.9 Å². The van der Waals surface area contributed by atoms with Gasteiger partial charge in [0, 0.05) is 44.6 Å². The van der Waals surface area contributed by atoms with Crippen molar-refractivity contribution in [3.63, 3.8) is 0 Å². The summed E-state index contributed by atoms with van der Waals surface area (Å²) in [4.78, 5) is 15.0. The van der Waals surface area contributed by atoms with Crippen LogP contribution in [0.15, 0.2) is 36.4 Å². The fraction of sp³-hybridized carbons (Fsp3) is 0.542. The number of fused-ring (bicyclic) bond motifs is 1. The predicted molar refractivity (Wildman–Crippen MR) is 120 cm³/mol. The van der Waals surface area contributed by atoms with Gasteiger partial charge in [0.25, 0.3) is 5.91 Å². The van der Waals surface area contributed by atoms with Gasteiger partial charge in [-0.25, -0.2) is 4.39 Å². The number of hydrogen-bond donors (Lipinski definition) is 2. The van der Waals surface area contributed by atoms with Crippen LogP contribution in [0.25, 0.3) is 0 Å². The third kappa shape index (κ3) is 5.07. The molecule has 1 aliphatic carbocycles. The van der Waals surface area contributed by atoms with Crippen LogP contribution >= 0.6 is 0 Å². The zero-order valence-electron chi connectivity index (χ0n) is 18.2. The lowest BCUT2D eigenvalue weighted by molar-refractivity contribution is 0.0545. The molecule has 1 saturated carbocycles. The zero-order valence-corrected chi connectivity index (χ0v) is 18.2. The van der Waals surface area contributed by atoms with Gasteiger partial charge in [0.2, 0.25) is 0 Å². The monoisotopic (exact) mass is 439 g/mol. The van der Waals surface area contributed by atoms with Crippen LogP contribution in [0.5, 0.6) is 0 Å². The van der Waals surface area contributed by atoms with E-state index in [1.165, 1.54) is 56.7 Å². The number of benzene rings is 1. The molecule has 3 fully saturated rings. The molecule has 2 aromatic rings. The average Bonchev–Trinajstić information content (AvgIpc) is 3.34. The largest absolute Gasteiger partial charge is 0.381 e. The minimum absolute atomic E-state index is 0.229. The molecule has 170 valence electrons. The number of likely N-dealkylation sites (tertiary alicyclic amines) is 1. The zero-order chi connectivity index (χ0) is 21.9.